The van der Waals surface area contributed by atoms with E-state index in [0.717, 1.165) is 59.1 Å². The second-order valence-corrected chi connectivity index (χ2v) is 10.8. The van der Waals surface area contributed by atoms with E-state index in [1.54, 1.807) is 18.4 Å². The van der Waals surface area contributed by atoms with Crippen LogP contribution in [0.15, 0.2) is 35.7 Å². The lowest BCUT2D eigenvalue weighted by molar-refractivity contribution is -0.155. The Bertz CT molecular complexity index is 1250. The van der Waals surface area contributed by atoms with Gasteiger partial charge in [-0.05, 0) is 61.9 Å². The van der Waals surface area contributed by atoms with Gasteiger partial charge in [0.2, 0.25) is 12.2 Å². The predicted octanol–water partition coefficient (Wildman–Crippen LogP) is 5.77. The van der Waals surface area contributed by atoms with Gasteiger partial charge in [-0.25, -0.2) is 4.98 Å². The molecule has 2 aromatic carbocycles. The standard InChI is InChI=1S/C29H34N2O4S/c1-18-5-6-19(2)22(13-18)14-27(32)31-11-9-21(10-12-31)28-30-25(17-36-28)29-34-15-23-20(3)7-8-26(33-4)24(23)16-35-29/h5-8,13,17,21,29H,9-12,14-16H2,1-4H3. The van der Waals surface area contributed by atoms with Crippen LogP contribution in [0.5, 0.6) is 5.75 Å². The molecule has 1 unspecified atom stereocenters. The van der Waals surface area contributed by atoms with Crippen molar-refractivity contribution in [2.45, 2.75) is 65.5 Å². The third-order valence-electron chi connectivity index (χ3n) is 7.42. The highest BCUT2D eigenvalue weighted by atomic mass is 32.1. The van der Waals surface area contributed by atoms with Crippen LogP contribution in [-0.4, -0.2) is 36.0 Å². The van der Waals surface area contributed by atoms with Crippen LogP contribution in [-0.2, 0) is 33.9 Å². The molecule has 3 aromatic rings. The Labute approximate surface area is 217 Å². The van der Waals surface area contributed by atoms with Gasteiger partial charge in [0.25, 0.3) is 0 Å². The lowest BCUT2D eigenvalue weighted by atomic mass is 9.96. The average Bonchev–Trinajstić information content (AvgIpc) is 3.26. The number of rotatable bonds is 5. The highest BCUT2D eigenvalue weighted by Crippen LogP contribution is 2.36. The van der Waals surface area contributed by atoms with Crippen molar-refractivity contribution in [2.24, 2.45) is 0 Å². The van der Waals surface area contributed by atoms with Crippen LogP contribution in [0.3, 0.4) is 0 Å². The van der Waals surface area contributed by atoms with Crippen LogP contribution in [0.2, 0.25) is 0 Å². The zero-order chi connectivity index (χ0) is 25.2. The van der Waals surface area contributed by atoms with Crippen LogP contribution in [0.4, 0.5) is 0 Å². The first-order valence-corrected chi connectivity index (χ1v) is 13.5. The van der Waals surface area contributed by atoms with E-state index in [0.29, 0.717) is 25.6 Å². The fourth-order valence-electron chi connectivity index (χ4n) is 5.11. The number of carbonyl (C=O) groups excluding carboxylic acids is 1. The number of aromatic nitrogens is 1. The first-order valence-electron chi connectivity index (χ1n) is 12.6. The maximum absolute atomic E-state index is 13.0. The molecule has 2 aliphatic heterocycles. The Hall–Kier alpha value is -2.74. The summed E-state index contributed by atoms with van der Waals surface area (Å²) in [5, 5.41) is 3.16. The molecular weight excluding hydrogens is 472 g/mol. The number of methoxy groups -OCH3 is 1. The van der Waals surface area contributed by atoms with Gasteiger partial charge in [-0.2, -0.15) is 0 Å². The van der Waals surface area contributed by atoms with Gasteiger partial charge >= 0.3 is 0 Å². The van der Waals surface area contributed by atoms with E-state index in [4.69, 9.17) is 19.2 Å². The van der Waals surface area contributed by atoms with Gasteiger partial charge < -0.3 is 19.1 Å². The SMILES string of the molecule is COc1ccc(C)c2c1COC(c1csc(C3CCN(C(=O)Cc4cc(C)ccc4C)CC3)n1)OC2. The molecular formula is C29H34N2O4S. The Kier molecular flexibility index (Phi) is 7.42. The molecule has 190 valence electrons. The number of fused-ring (bicyclic) bond motifs is 1. The summed E-state index contributed by atoms with van der Waals surface area (Å²) >= 11 is 1.67. The van der Waals surface area contributed by atoms with E-state index in [1.807, 2.05) is 11.0 Å². The van der Waals surface area contributed by atoms with Crippen LogP contribution in [0.25, 0.3) is 0 Å². The van der Waals surface area contributed by atoms with E-state index < -0.39 is 6.29 Å². The highest BCUT2D eigenvalue weighted by molar-refractivity contribution is 7.09. The Morgan fingerprint density at radius 3 is 2.53 bits per heavy atom. The molecule has 0 aliphatic carbocycles. The summed E-state index contributed by atoms with van der Waals surface area (Å²) in [5.41, 5.74) is 7.68. The summed E-state index contributed by atoms with van der Waals surface area (Å²) in [6.07, 6.45) is 1.84. The van der Waals surface area contributed by atoms with Crippen molar-refractivity contribution in [3.05, 3.63) is 79.8 Å². The van der Waals surface area contributed by atoms with Gasteiger partial charge in [0, 0.05) is 30.0 Å². The fraction of sp³-hybridized carbons (Fsp3) is 0.448. The van der Waals surface area contributed by atoms with Gasteiger partial charge in [0.15, 0.2) is 0 Å². The maximum atomic E-state index is 13.0. The number of amides is 1. The topological polar surface area (TPSA) is 60.9 Å². The van der Waals surface area contributed by atoms with Crippen molar-refractivity contribution in [1.82, 2.24) is 9.88 Å². The Morgan fingerprint density at radius 1 is 1.06 bits per heavy atom. The number of likely N-dealkylation sites (tertiary alicyclic amines) is 1. The van der Waals surface area contributed by atoms with E-state index in [2.05, 4.69) is 50.4 Å². The van der Waals surface area contributed by atoms with Gasteiger partial charge in [0.05, 0.1) is 31.8 Å². The van der Waals surface area contributed by atoms with Crippen molar-refractivity contribution in [3.8, 4) is 5.75 Å². The minimum atomic E-state index is -0.495. The normalized spacial score (nSPS) is 18.6. The second-order valence-electron chi connectivity index (χ2n) is 9.87. The number of piperidine rings is 1. The highest BCUT2D eigenvalue weighted by Gasteiger charge is 2.28. The molecule has 6 nitrogen and oxygen atoms in total. The number of aryl methyl sites for hydroxylation is 3. The lowest BCUT2D eigenvalue weighted by Crippen LogP contribution is -2.38. The monoisotopic (exact) mass is 506 g/mol. The molecule has 36 heavy (non-hydrogen) atoms. The van der Waals surface area contributed by atoms with Gasteiger partial charge in [-0.1, -0.05) is 29.8 Å². The smallest absolute Gasteiger partial charge is 0.227 e. The van der Waals surface area contributed by atoms with E-state index in [1.165, 1.54) is 16.7 Å². The van der Waals surface area contributed by atoms with Crippen LogP contribution in [0.1, 0.15) is 69.1 Å². The Morgan fingerprint density at radius 2 is 1.78 bits per heavy atom. The molecule has 1 atom stereocenters. The molecule has 2 aliphatic rings. The molecule has 1 fully saturated rings. The molecule has 7 heteroatoms. The summed E-state index contributed by atoms with van der Waals surface area (Å²) in [6.45, 7) is 8.68. The maximum Gasteiger partial charge on any atom is 0.227 e. The van der Waals surface area contributed by atoms with Crippen molar-refractivity contribution in [1.29, 1.82) is 0 Å². The molecule has 0 saturated carbocycles. The first-order chi connectivity index (χ1) is 17.4. The third-order valence-corrected chi connectivity index (χ3v) is 8.45. The molecule has 1 saturated heterocycles. The van der Waals surface area contributed by atoms with Gasteiger partial charge in [-0.15, -0.1) is 11.3 Å². The number of thiazole rings is 1. The van der Waals surface area contributed by atoms with Crippen molar-refractivity contribution in [3.63, 3.8) is 0 Å². The molecule has 0 spiro atoms. The van der Waals surface area contributed by atoms with E-state index in [9.17, 15) is 4.79 Å². The van der Waals surface area contributed by atoms with Gasteiger partial charge in [0.1, 0.15) is 11.4 Å². The number of hydrogen-bond acceptors (Lipinski definition) is 6. The van der Waals surface area contributed by atoms with Crippen LogP contribution in [0, 0.1) is 20.8 Å². The quantitative estimate of drug-likeness (QED) is 0.440. The van der Waals surface area contributed by atoms with E-state index >= 15 is 0 Å². The van der Waals surface area contributed by atoms with Crippen molar-refractivity contribution >= 4 is 17.2 Å². The zero-order valence-electron chi connectivity index (χ0n) is 21.5. The molecule has 5 rings (SSSR count). The average molecular weight is 507 g/mol. The summed E-state index contributed by atoms with van der Waals surface area (Å²) in [5.74, 6) is 1.41. The number of hydrogen-bond donors (Lipinski definition) is 0. The fourth-order valence-corrected chi connectivity index (χ4v) is 6.11. The molecule has 3 heterocycles. The molecule has 0 bridgehead atoms. The van der Waals surface area contributed by atoms with Gasteiger partial charge in [-0.3, -0.25) is 4.79 Å². The Balaban J connectivity index is 1.19. The minimum absolute atomic E-state index is 0.215. The largest absolute Gasteiger partial charge is 0.496 e. The summed E-state index contributed by atoms with van der Waals surface area (Å²) in [6, 6.07) is 10.4. The summed E-state index contributed by atoms with van der Waals surface area (Å²) < 4.78 is 17.8. The molecule has 0 radical (unpaired) electrons. The van der Waals surface area contributed by atoms with E-state index in [-0.39, 0.29) is 5.91 Å². The number of carbonyl (C=O) groups is 1. The molecule has 1 aromatic heterocycles. The predicted molar refractivity (Wildman–Crippen MR) is 140 cm³/mol. The van der Waals surface area contributed by atoms with Crippen molar-refractivity contribution in [2.75, 3.05) is 20.2 Å². The summed E-state index contributed by atoms with van der Waals surface area (Å²) in [4.78, 5) is 19.9. The number of nitrogens with zero attached hydrogens (tertiary/aromatic N) is 2. The van der Waals surface area contributed by atoms with Crippen LogP contribution >= 0.6 is 11.3 Å². The van der Waals surface area contributed by atoms with Crippen molar-refractivity contribution < 1.29 is 19.0 Å². The molecule has 0 N–H and O–H groups in total. The molecule has 1 amide bonds. The number of ether oxygens (including phenoxy) is 3. The second kappa shape index (κ2) is 10.7. The first kappa shape index (κ1) is 24.9. The minimum Gasteiger partial charge on any atom is -0.496 e. The third kappa shape index (κ3) is 5.19. The van der Waals surface area contributed by atoms with Crippen LogP contribution < -0.4 is 4.74 Å². The number of benzene rings is 2. The zero-order valence-corrected chi connectivity index (χ0v) is 22.3. The summed E-state index contributed by atoms with van der Waals surface area (Å²) in [7, 11) is 1.68. The lowest BCUT2D eigenvalue weighted by Gasteiger charge is -2.31.